The van der Waals surface area contributed by atoms with Crippen molar-refractivity contribution >= 4 is 11.6 Å². The molecule has 4 heterocycles. The van der Waals surface area contributed by atoms with Crippen molar-refractivity contribution in [3.63, 3.8) is 0 Å². The van der Waals surface area contributed by atoms with Gasteiger partial charge in [0.25, 0.3) is 0 Å². The smallest absolute Gasteiger partial charge is 0.187 e. The lowest BCUT2D eigenvalue weighted by Crippen LogP contribution is -2.30. The third-order valence-corrected chi connectivity index (χ3v) is 5.13. The molecule has 0 saturated carbocycles. The number of hydrogen-bond acceptors (Lipinski definition) is 6. The normalized spacial score (nSPS) is 23.0. The Morgan fingerprint density at radius 1 is 1.00 bits per heavy atom. The second-order valence-electron chi connectivity index (χ2n) is 6.67. The molecule has 0 N–H and O–H groups in total. The molecule has 0 radical (unpaired) electrons. The summed E-state index contributed by atoms with van der Waals surface area (Å²) in [6, 6.07) is 0. The number of fused-ring (bicyclic) bond motifs is 1. The highest BCUT2D eigenvalue weighted by atomic mass is 19.1. The Labute approximate surface area is 140 Å². The van der Waals surface area contributed by atoms with Crippen LogP contribution in [0.3, 0.4) is 0 Å². The fourth-order valence-corrected chi connectivity index (χ4v) is 3.93. The van der Waals surface area contributed by atoms with Gasteiger partial charge in [0.2, 0.25) is 0 Å². The highest BCUT2D eigenvalue weighted by Crippen LogP contribution is 2.36. The lowest BCUT2D eigenvalue weighted by Gasteiger charge is -2.24. The number of rotatable bonds is 3. The van der Waals surface area contributed by atoms with Gasteiger partial charge in [0.1, 0.15) is 18.5 Å². The first-order valence-electron chi connectivity index (χ1n) is 8.43. The average molecular weight is 328 g/mol. The van der Waals surface area contributed by atoms with Crippen LogP contribution in [0.4, 0.5) is 16.0 Å². The summed E-state index contributed by atoms with van der Waals surface area (Å²) in [5.74, 6) is 2.24. The fraction of sp³-hybridized carbons (Fsp3) is 0.529. The zero-order valence-electron chi connectivity index (χ0n) is 14.0. The van der Waals surface area contributed by atoms with Crippen molar-refractivity contribution in [3.8, 4) is 0 Å². The Hall–Kier alpha value is -2.31. The van der Waals surface area contributed by atoms with E-state index >= 15 is 0 Å². The van der Waals surface area contributed by atoms with Crippen LogP contribution in [0.5, 0.6) is 0 Å². The molecule has 0 aromatic carbocycles. The quantitative estimate of drug-likeness (QED) is 0.857. The van der Waals surface area contributed by atoms with Crippen LogP contribution in [-0.4, -0.2) is 46.1 Å². The van der Waals surface area contributed by atoms with Crippen molar-refractivity contribution in [2.24, 2.45) is 11.8 Å². The molecule has 0 aliphatic carbocycles. The molecule has 0 bridgehead atoms. The van der Waals surface area contributed by atoms with E-state index in [-0.39, 0.29) is 5.82 Å². The molecule has 2 aliphatic rings. The maximum Gasteiger partial charge on any atom is 0.187 e. The summed E-state index contributed by atoms with van der Waals surface area (Å²) >= 11 is 0. The Bertz CT molecular complexity index is 738. The third-order valence-electron chi connectivity index (χ3n) is 5.13. The number of hydrogen-bond donors (Lipinski definition) is 0. The molecule has 2 atom stereocenters. The summed E-state index contributed by atoms with van der Waals surface area (Å²) in [7, 11) is 0. The topological polar surface area (TPSA) is 58.0 Å². The van der Waals surface area contributed by atoms with Gasteiger partial charge in [0.15, 0.2) is 11.6 Å². The Morgan fingerprint density at radius 3 is 2.25 bits per heavy atom. The summed E-state index contributed by atoms with van der Waals surface area (Å²) in [6.45, 7) is 7.53. The van der Waals surface area contributed by atoms with Crippen molar-refractivity contribution in [2.75, 3.05) is 36.0 Å². The van der Waals surface area contributed by atoms with E-state index in [4.69, 9.17) is 0 Å². The molecule has 0 spiro atoms. The molecule has 2 saturated heterocycles. The van der Waals surface area contributed by atoms with Crippen LogP contribution in [0.1, 0.15) is 18.2 Å². The minimum atomic E-state index is -0.261. The summed E-state index contributed by atoms with van der Waals surface area (Å²) < 4.78 is 14.5. The van der Waals surface area contributed by atoms with Gasteiger partial charge in [0, 0.05) is 49.8 Å². The van der Waals surface area contributed by atoms with Crippen LogP contribution in [-0.2, 0) is 6.42 Å². The first-order chi connectivity index (χ1) is 11.7. The molecule has 7 heteroatoms. The van der Waals surface area contributed by atoms with Gasteiger partial charge in [0.05, 0.1) is 5.69 Å². The van der Waals surface area contributed by atoms with Gasteiger partial charge in [-0.05, 0) is 13.3 Å². The van der Waals surface area contributed by atoms with Gasteiger partial charge in [-0.15, -0.1) is 0 Å². The van der Waals surface area contributed by atoms with E-state index in [0.29, 0.717) is 29.8 Å². The third kappa shape index (κ3) is 2.48. The van der Waals surface area contributed by atoms with Gasteiger partial charge in [-0.2, -0.15) is 0 Å². The van der Waals surface area contributed by atoms with Crippen LogP contribution in [0.2, 0.25) is 0 Å². The Morgan fingerprint density at radius 2 is 1.62 bits per heavy atom. The van der Waals surface area contributed by atoms with Crippen molar-refractivity contribution in [3.05, 3.63) is 35.9 Å². The Kier molecular flexibility index (Phi) is 3.78. The molecule has 0 amide bonds. The molecule has 24 heavy (non-hydrogen) atoms. The van der Waals surface area contributed by atoms with Gasteiger partial charge in [-0.3, -0.25) is 0 Å². The monoisotopic (exact) mass is 328 g/mol. The molecular weight excluding hydrogens is 307 g/mol. The first kappa shape index (κ1) is 15.2. The second kappa shape index (κ2) is 5.96. The molecule has 2 unspecified atom stereocenters. The van der Waals surface area contributed by atoms with Crippen molar-refractivity contribution in [2.45, 2.75) is 20.3 Å². The number of halogens is 1. The van der Waals surface area contributed by atoms with Crippen molar-refractivity contribution in [1.29, 1.82) is 0 Å². The van der Waals surface area contributed by atoms with E-state index in [1.54, 1.807) is 6.33 Å². The SMILES string of the molecule is CCc1ncnc(N2CC3CN(c4ncncc4C)CC3C2)c1F. The lowest BCUT2D eigenvalue weighted by molar-refractivity contribution is 0.533. The zero-order chi connectivity index (χ0) is 16.7. The maximum absolute atomic E-state index is 14.5. The molecule has 6 nitrogen and oxygen atoms in total. The van der Waals surface area contributed by atoms with Crippen LogP contribution >= 0.6 is 0 Å². The molecule has 2 aliphatic heterocycles. The molecule has 2 aromatic heterocycles. The van der Waals surface area contributed by atoms with Crippen LogP contribution in [0.15, 0.2) is 18.9 Å². The molecule has 2 fully saturated rings. The second-order valence-corrected chi connectivity index (χ2v) is 6.67. The molecule has 4 rings (SSSR count). The average Bonchev–Trinajstić information content (AvgIpc) is 3.14. The van der Waals surface area contributed by atoms with E-state index in [1.807, 2.05) is 20.0 Å². The first-order valence-corrected chi connectivity index (χ1v) is 8.43. The van der Waals surface area contributed by atoms with Crippen molar-refractivity contribution < 1.29 is 4.39 Å². The predicted molar refractivity (Wildman–Crippen MR) is 89.5 cm³/mol. The fourth-order valence-electron chi connectivity index (χ4n) is 3.93. The number of aryl methyl sites for hydroxylation is 2. The van der Waals surface area contributed by atoms with E-state index in [1.165, 1.54) is 6.33 Å². The van der Waals surface area contributed by atoms with E-state index in [9.17, 15) is 4.39 Å². The van der Waals surface area contributed by atoms with E-state index in [0.717, 1.165) is 37.6 Å². The predicted octanol–water partition coefficient (Wildman–Crippen LogP) is 1.85. The number of nitrogens with zero attached hydrogens (tertiary/aromatic N) is 6. The van der Waals surface area contributed by atoms with Crippen LogP contribution in [0.25, 0.3) is 0 Å². The number of aromatic nitrogens is 4. The standard InChI is InChI=1S/C17H21FN6/c1-3-14-15(18)17(22-10-20-14)24-7-12-5-23(6-13(12)8-24)16-11(2)4-19-9-21-16/h4,9-10,12-13H,3,5-8H2,1-2H3. The summed E-state index contributed by atoms with van der Waals surface area (Å²) in [4.78, 5) is 21.1. The summed E-state index contributed by atoms with van der Waals surface area (Å²) in [5, 5.41) is 0. The minimum Gasteiger partial charge on any atom is -0.356 e. The summed E-state index contributed by atoms with van der Waals surface area (Å²) in [6.07, 6.45) is 5.52. The van der Waals surface area contributed by atoms with Crippen LogP contribution < -0.4 is 9.80 Å². The molecule has 2 aromatic rings. The van der Waals surface area contributed by atoms with E-state index in [2.05, 4.69) is 29.7 Å². The highest BCUT2D eigenvalue weighted by molar-refractivity contribution is 5.48. The largest absolute Gasteiger partial charge is 0.356 e. The van der Waals surface area contributed by atoms with Gasteiger partial charge < -0.3 is 9.80 Å². The van der Waals surface area contributed by atoms with Crippen molar-refractivity contribution in [1.82, 2.24) is 19.9 Å². The molecular formula is C17H21FN6. The lowest BCUT2D eigenvalue weighted by atomic mass is 10.0. The highest BCUT2D eigenvalue weighted by Gasteiger charge is 2.41. The molecule has 126 valence electrons. The zero-order valence-corrected chi connectivity index (χ0v) is 14.0. The minimum absolute atomic E-state index is 0.261. The Balaban J connectivity index is 1.50. The van der Waals surface area contributed by atoms with Gasteiger partial charge in [-0.25, -0.2) is 24.3 Å². The van der Waals surface area contributed by atoms with Gasteiger partial charge in [-0.1, -0.05) is 6.92 Å². The van der Waals surface area contributed by atoms with Gasteiger partial charge >= 0.3 is 0 Å². The van der Waals surface area contributed by atoms with Crippen LogP contribution in [0, 0.1) is 24.6 Å². The number of anilines is 2. The summed E-state index contributed by atoms with van der Waals surface area (Å²) in [5.41, 5.74) is 1.60. The maximum atomic E-state index is 14.5. The van der Waals surface area contributed by atoms with E-state index < -0.39 is 0 Å².